The van der Waals surface area contributed by atoms with E-state index in [1.807, 2.05) is 0 Å². The average Bonchev–Trinajstić information content (AvgIpc) is 4.34. The van der Waals surface area contributed by atoms with Gasteiger partial charge in [0.2, 0.25) is 0 Å². The lowest BCUT2D eigenvalue weighted by Gasteiger charge is -2.18. The van der Waals surface area contributed by atoms with E-state index in [9.17, 15) is 0 Å². The van der Waals surface area contributed by atoms with Gasteiger partial charge in [-0.3, -0.25) is 0 Å². The van der Waals surface area contributed by atoms with Gasteiger partial charge in [0.1, 0.15) is 23.0 Å². The number of unbranched alkanes of at least 4 members (excludes halogenated alkanes) is 2. The van der Waals surface area contributed by atoms with Crippen molar-refractivity contribution in [2.24, 2.45) is 0 Å². The van der Waals surface area contributed by atoms with Crippen molar-refractivity contribution in [3.63, 3.8) is 0 Å². The van der Waals surface area contributed by atoms with Crippen LogP contribution in [0.2, 0.25) is 0 Å². The van der Waals surface area contributed by atoms with Crippen molar-refractivity contribution in [3.8, 4) is 23.0 Å². The summed E-state index contributed by atoms with van der Waals surface area (Å²) < 4.78 is 23.0. The summed E-state index contributed by atoms with van der Waals surface area (Å²) >= 11 is 8.32. The van der Waals surface area contributed by atoms with Gasteiger partial charge in [0.05, 0.1) is 27.4 Å². The first kappa shape index (κ1) is 54.2. The average molecular weight is 1060 g/mol. The number of thioether (sulfide) groups is 4. The second-order valence-electron chi connectivity index (χ2n) is 19.6. The predicted octanol–water partition coefficient (Wildman–Crippen LogP) is 20.0. The molecule has 0 spiro atoms. The molecule has 388 valence electrons. The molecule has 4 aliphatic heterocycles. The van der Waals surface area contributed by atoms with E-state index < -0.39 is 0 Å². The monoisotopic (exact) mass is 1060 g/mol. The Balaban J connectivity index is 0.000000121. The lowest BCUT2D eigenvalue weighted by Crippen LogP contribution is -2.02. The van der Waals surface area contributed by atoms with Crippen LogP contribution in [-0.4, -0.2) is 50.4 Å². The molecular weight excluding hydrogens is 985 g/mol. The van der Waals surface area contributed by atoms with E-state index in [-0.39, 0.29) is 0 Å². The Bertz CT molecular complexity index is 3010. The molecule has 4 heterocycles. The van der Waals surface area contributed by atoms with Gasteiger partial charge in [-0.25, -0.2) is 0 Å². The number of benzene rings is 8. The Morgan fingerprint density at radius 3 is 1.18 bits per heavy atom. The van der Waals surface area contributed by atoms with Crippen LogP contribution < -0.4 is 18.9 Å². The van der Waals surface area contributed by atoms with Gasteiger partial charge in [0.25, 0.3) is 0 Å². The van der Waals surface area contributed by atoms with Crippen LogP contribution in [0, 0.1) is 0 Å². The minimum absolute atomic E-state index is 0.607. The van der Waals surface area contributed by atoms with E-state index in [0.717, 1.165) is 49.1 Å². The second kappa shape index (κ2) is 28.0. The molecule has 8 aromatic rings. The third-order valence-corrected chi connectivity index (χ3v) is 20.3. The first-order valence-electron chi connectivity index (χ1n) is 27.5. The highest BCUT2D eigenvalue weighted by molar-refractivity contribution is 8.00. The highest BCUT2D eigenvalue weighted by Gasteiger charge is 2.26. The lowest BCUT2D eigenvalue weighted by molar-refractivity contribution is 0.306. The number of ether oxygens (including phenoxy) is 4. The number of methoxy groups -OCH3 is 2. The quantitative estimate of drug-likeness (QED) is 0.0998. The standard InChI is InChI=1S/2C18H22OS.2C15H16OS/c1-2-3-12-19-17-11-10-16(18-9-6-13-20-18)14-7-4-5-8-15(14)17;1-2-3-12-19-16-11-10-14-7-4-5-8-15(14)18(16)17-9-6-13-20-17;1-16-14-9-8-13(15-7-4-10-17-15)11-5-2-3-6-12(11)14;1-16-13-9-8-11-5-2-3-6-12(11)15(13)14-7-4-10-17-14/h4-5,7-8,10-11,18H,2-3,6,9,12-13H2,1H3;4-5,7-8,10-11,17H,2-3,6,9,12-13H2,1H3;2-3,5-6,8-9,15H,4,7,10H2,1H3;2-3,5-6,8-9,14H,4,7,10H2,1H3. The maximum Gasteiger partial charge on any atom is 0.127 e. The zero-order chi connectivity index (χ0) is 50.9. The van der Waals surface area contributed by atoms with Gasteiger partial charge < -0.3 is 18.9 Å². The SMILES string of the molecule is CCCCOc1ccc(C2CCCS2)c2ccccc12.CCCCOc1ccc2ccccc2c1C1CCCS1.COc1ccc(C2CCCS2)c2ccccc12.COc1ccc2ccccc2c1C1CCCS1. The van der Waals surface area contributed by atoms with Crippen LogP contribution in [0.5, 0.6) is 23.0 Å². The van der Waals surface area contributed by atoms with Gasteiger partial charge in [-0.05, 0) is 155 Å². The van der Waals surface area contributed by atoms with Gasteiger partial charge in [-0.2, -0.15) is 47.0 Å². The van der Waals surface area contributed by atoms with E-state index >= 15 is 0 Å². The zero-order valence-electron chi connectivity index (χ0n) is 44.2. The minimum atomic E-state index is 0.607. The summed E-state index contributed by atoms with van der Waals surface area (Å²) in [4.78, 5) is 0. The van der Waals surface area contributed by atoms with Crippen LogP contribution in [-0.2, 0) is 0 Å². The van der Waals surface area contributed by atoms with E-state index in [2.05, 4.69) is 206 Å². The molecule has 74 heavy (non-hydrogen) atoms. The van der Waals surface area contributed by atoms with E-state index in [1.54, 1.807) is 14.2 Å². The summed E-state index contributed by atoms with van der Waals surface area (Å²) in [6.45, 7) is 6.05. The molecule has 4 saturated heterocycles. The predicted molar refractivity (Wildman–Crippen MR) is 327 cm³/mol. The highest BCUT2D eigenvalue weighted by atomic mass is 32.2. The summed E-state index contributed by atoms with van der Waals surface area (Å²) in [5.41, 5.74) is 5.80. The first-order valence-corrected chi connectivity index (χ1v) is 31.7. The van der Waals surface area contributed by atoms with E-state index in [4.69, 9.17) is 18.9 Å². The van der Waals surface area contributed by atoms with Crippen molar-refractivity contribution >= 4 is 90.1 Å². The van der Waals surface area contributed by atoms with Crippen molar-refractivity contribution in [1.82, 2.24) is 0 Å². The van der Waals surface area contributed by atoms with Gasteiger partial charge in [0, 0.05) is 42.9 Å². The normalized spacial score (nSPS) is 19.1. The number of hydrogen-bond donors (Lipinski definition) is 0. The molecule has 4 atom stereocenters. The molecule has 0 N–H and O–H groups in total. The fourth-order valence-corrected chi connectivity index (χ4v) is 16.3. The topological polar surface area (TPSA) is 36.9 Å². The fraction of sp³-hybridized carbons (Fsp3) is 0.394. The van der Waals surface area contributed by atoms with Crippen LogP contribution in [0.25, 0.3) is 43.1 Å². The van der Waals surface area contributed by atoms with Gasteiger partial charge >= 0.3 is 0 Å². The summed E-state index contributed by atoms with van der Waals surface area (Å²) in [6, 6.07) is 52.0. The molecular formula is C66H76O4S4. The van der Waals surface area contributed by atoms with Gasteiger partial charge in [-0.15, -0.1) is 0 Å². The van der Waals surface area contributed by atoms with Crippen molar-refractivity contribution in [3.05, 3.63) is 168 Å². The van der Waals surface area contributed by atoms with Crippen molar-refractivity contribution in [2.75, 3.05) is 50.4 Å². The molecule has 0 amide bonds. The Labute approximate surface area is 459 Å². The van der Waals surface area contributed by atoms with Crippen molar-refractivity contribution in [1.29, 1.82) is 0 Å². The molecule has 4 fully saturated rings. The van der Waals surface area contributed by atoms with E-state index in [1.165, 1.54) is 153 Å². The molecule has 4 aliphatic rings. The molecule has 0 aromatic heterocycles. The smallest absolute Gasteiger partial charge is 0.127 e. The summed E-state index contributed by atoms with van der Waals surface area (Å²) in [5, 5.41) is 13.2. The maximum atomic E-state index is 6.08. The Morgan fingerprint density at radius 2 is 0.730 bits per heavy atom. The Hall–Kier alpha value is -4.60. The number of fused-ring (bicyclic) bond motifs is 4. The summed E-state index contributed by atoms with van der Waals surface area (Å²) in [6.07, 6.45) is 15.1. The third kappa shape index (κ3) is 13.3. The maximum absolute atomic E-state index is 6.08. The molecule has 8 heteroatoms. The molecule has 0 radical (unpaired) electrons. The van der Waals surface area contributed by atoms with Gasteiger partial charge in [0.15, 0.2) is 0 Å². The molecule has 4 nitrogen and oxygen atoms in total. The second-order valence-corrected chi connectivity index (χ2v) is 24.9. The van der Waals surface area contributed by atoms with Crippen LogP contribution in [0.4, 0.5) is 0 Å². The third-order valence-electron chi connectivity index (χ3n) is 14.7. The highest BCUT2D eigenvalue weighted by Crippen LogP contribution is 2.49. The number of hydrogen-bond acceptors (Lipinski definition) is 8. The van der Waals surface area contributed by atoms with Crippen LogP contribution in [0.3, 0.4) is 0 Å². The lowest BCUT2D eigenvalue weighted by atomic mass is 9.99. The van der Waals surface area contributed by atoms with Crippen LogP contribution in [0.15, 0.2) is 146 Å². The van der Waals surface area contributed by atoms with E-state index in [0.29, 0.717) is 21.0 Å². The zero-order valence-corrected chi connectivity index (χ0v) is 47.4. The van der Waals surface area contributed by atoms with Gasteiger partial charge in [-0.1, -0.05) is 148 Å². The largest absolute Gasteiger partial charge is 0.496 e. The fourth-order valence-electron chi connectivity index (χ4n) is 10.9. The van der Waals surface area contributed by atoms with Crippen molar-refractivity contribution < 1.29 is 18.9 Å². The Morgan fingerprint density at radius 1 is 0.365 bits per heavy atom. The number of rotatable bonds is 14. The summed E-state index contributed by atoms with van der Waals surface area (Å²) in [5.74, 6) is 9.32. The Kier molecular flexibility index (Phi) is 20.5. The molecule has 0 aliphatic carbocycles. The van der Waals surface area contributed by atoms with Crippen LogP contribution in [0.1, 0.15) is 134 Å². The molecule has 0 saturated carbocycles. The first-order chi connectivity index (χ1) is 36.6. The summed E-state index contributed by atoms with van der Waals surface area (Å²) in [7, 11) is 3.51. The molecule has 4 unspecified atom stereocenters. The molecule has 0 bridgehead atoms. The molecule has 12 rings (SSSR count). The van der Waals surface area contributed by atoms with Crippen molar-refractivity contribution in [2.45, 2.75) is 112 Å². The molecule has 8 aromatic carbocycles. The van der Waals surface area contributed by atoms with Crippen LogP contribution >= 0.6 is 47.0 Å². The minimum Gasteiger partial charge on any atom is -0.496 e.